The molecule has 16 heteroatoms. The molecule has 6 rings (SSSR count). The highest BCUT2D eigenvalue weighted by molar-refractivity contribution is 6.09. The smallest absolute Gasteiger partial charge is 0.310 e. The number of fused-ring (bicyclic) bond motifs is 2. The van der Waals surface area contributed by atoms with Crippen molar-refractivity contribution in [2.45, 2.75) is 33.6 Å². The second kappa shape index (κ2) is 19.2. The first-order valence-electron chi connectivity index (χ1n) is 18.6. The van der Waals surface area contributed by atoms with Gasteiger partial charge in [-0.05, 0) is 67.3 Å². The molecule has 8 N–H and O–H groups in total. The molecule has 0 aliphatic heterocycles. The van der Waals surface area contributed by atoms with Crippen LogP contribution in [0.2, 0.25) is 0 Å². The van der Waals surface area contributed by atoms with Gasteiger partial charge in [0.15, 0.2) is 23.0 Å². The predicted molar refractivity (Wildman–Crippen MR) is 229 cm³/mol. The molecule has 0 saturated carbocycles. The molecule has 312 valence electrons. The molecule has 6 aromatic rings. The average Bonchev–Trinajstić information content (AvgIpc) is 3.22. The number of nitrogens with two attached hydrogens (primary N) is 3. The lowest BCUT2D eigenvalue weighted by Crippen LogP contribution is -2.16. The fraction of sp³-hybridized carbons (Fsp3) is 0.227. The number of ether oxygens (including phenoxy) is 5. The molecule has 0 saturated heterocycles. The van der Waals surface area contributed by atoms with Gasteiger partial charge in [0.2, 0.25) is 5.91 Å². The number of primary amides is 3. The van der Waals surface area contributed by atoms with Gasteiger partial charge in [-0.1, -0.05) is 24.3 Å². The maximum atomic E-state index is 12.1. The number of nitrogens with one attached hydrogen (secondary N) is 2. The second-order valence-corrected chi connectivity index (χ2v) is 13.3. The maximum absolute atomic E-state index is 12.1. The highest BCUT2D eigenvalue weighted by atomic mass is 16.5. The predicted octanol–water partition coefficient (Wildman–Crippen LogP) is 5.94. The average molecular weight is 818 g/mol. The van der Waals surface area contributed by atoms with Gasteiger partial charge >= 0.3 is 5.97 Å². The lowest BCUT2D eigenvalue weighted by atomic mass is 10.0. The number of hydrogen-bond donors (Lipinski definition) is 5. The summed E-state index contributed by atoms with van der Waals surface area (Å²) in [6, 6.07) is 18.0. The number of rotatable bonds is 15. The summed E-state index contributed by atoms with van der Waals surface area (Å²) in [6.07, 6.45) is 3.12. The van der Waals surface area contributed by atoms with Crippen LogP contribution in [-0.2, 0) is 27.2 Å². The van der Waals surface area contributed by atoms with Crippen molar-refractivity contribution in [3.8, 4) is 23.0 Å². The summed E-state index contributed by atoms with van der Waals surface area (Å²) in [5.41, 5.74) is 23.9. The first-order valence-corrected chi connectivity index (χ1v) is 18.6. The molecule has 0 spiro atoms. The summed E-state index contributed by atoms with van der Waals surface area (Å²) in [5, 5.41) is 7.87. The molecule has 0 aliphatic carbocycles. The molecule has 3 amide bonds. The van der Waals surface area contributed by atoms with Crippen LogP contribution in [0.5, 0.6) is 23.0 Å². The second-order valence-electron chi connectivity index (χ2n) is 13.3. The SMILES string of the molecule is CCOC(=O)Cc1cccc(Nc2c(C(N)=O)cnc3cc(OC)c(OC)cc23)c1C.COc1cc2ncc(C(N)=O)c(Nc3cccc(CC(N)=O)c3C)c2cc1OC. The van der Waals surface area contributed by atoms with Crippen molar-refractivity contribution in [1.82, 2.24) is 9.97 Å². The Bertz CT molecular complexity index is 2610. The Kier molecular flexibility index (Phi) is 13.9. The van der Waals surface area contributed by atoms with Crippen molar-refractivity contribution >= 4 is 68.2 Å². The van der Waals surface area contributed by atoms with Gasteiger partial charge in [0.25, 0.3) is 11.8 Å². The monoisotopic (exact) mass is 817 g/mol. The molecule has 0 fully saturated rings. The fourth-order valence-corrected chi connectivity index (χ4v) is 6.53. The van der Waals surface area contributed by atoms with E-state index in [1.807, 2.05) is 50.2 Å². The number of amides is 3. The van der Waals surface area contributed by atoms with E-state index in [1.165, 1.54) is 33.7 Å². The zero-order chi connectivity index (χ0) is 43.7. The number of nitrogens with zero attached hydrogens (tertiary/aromatic N) is 2. The van der Waals surface area contributed by atoms with Crippen LogP contribution in [0.4, 0.5) is 22.7 Å². The van der Waals surface area contributed by atoms with Crippen LogP contribution in [0.1, 0.15) is 49.9 Å². The Morgan fingerprint density at radius 3 is 1.37 bits per heavy atom. The van der Waals surface area contributed by atoms with Crippen LogP contribution in [0.3, 0.4) is 0 Å². The Balaban J connectivity index is 0.000000228. The lowest BCUT2D eigenvalue weighted by Gasteiger charge is -2.18. The molecule has 0 radical (unpaired) electrons. The summed E-state index contributed by atoms with van der Waals surface area (Å²) < 4.78 is 26.5. The zero-order valence-electron chi connectivity index (χ0n) is 34.4. The molecule has 60 heavy (non-hydrogen) atoms. The Hall–Kier alpha value is -7.62. The molecule has 0 aliphatic rings. The lowest BCUT2D eigenvalue weighted by molar-refractivity contribution is -0.142. The number of esters is 1. The van der Waals surface area contributed by atoms with Crippen molar-refractivity contribution in [1.29, 1.82) is 0 Å². The quantitative estimate of drug-likeness (QED) is 0.0755. The zero-order valence-corrected chi connectivity index (χ0v) is 34.4. The molecule has 2 aromatic heterocycles. The first kappa shape index (κ1) is 43.5. The first-order chi connectivity index (χ1) is 28.7. The minimum atomic E-state index is -0.623. The van der Waals surface area contributed by atoms with Gasteiger partial charge in [-0.25, -0.2) is 0 Å². The van der Waals surface area contributed by atoms with E-state index in [1.54, 1.807) is 38.3 Å². The van der Waals surface area contributed by atoms with E-state index in [4.69, 9.17) is 40.9 Å². The summed E-state index contributed by atoms with van der Waals surface area (Å²) in [4.78, 5) is 56.2. The summed E-state index contributed by atoms with van der Waals surface area (Å²) in [5.74, 6) is 0.0633. The largest absolute Gasteiger partial charge is 0.493 e. The normalized spacial score (nSPS) is 10.6. The number of aromatic nitrogens is 2. The van der Waals surface area contributed by atoms with Crippen LogP contribution in [0.15, 0.2) is 73.1 Å². The highest BCUT2D eigenvalue weighted by Crippen LogP contribution is 2.39. The van der Waals surface area contributed by atoms with Crippen LogP contribution in [-0.4, -0.2) is 68.7 Å². The van der Waals surface area contributed by atoms with Crippen LogP contribution >= 0.6 is 0 Å². The molecule has 16 nitrogen and oxygen atoms in total. The Morgan fingerprint density at radius 2 is 1.00 bits per heavy atom. The summed E-state index contributed by atoms with van der Waals surface area (Å²) in [6.45, 7) is 5.86. The van der Waals surface area contributed by atoms with E-state index >= 15 is 0 Å². The molecule has 2 heterocycles. The van der Waals surface area contributed by atoms with Gasteiger partial charge in [-0.15, -0.1) is 0 Å². The van der Waals surface area contributed by atoms with E-state index in [2.05, 4.69) is 20.6 Å². The van der Waals surface area contributed by atoms with Crippen molar-refractivity contribution in [3.05, 3.63) is 106 Å². The summed E-state index contributed by atoms with van der Waals surface area (Å²) >= 11 is 0. The number of benzene rings is 4. The van der Waals surface area contributed by atoms with Gasteiger partial charge in [-0.2, -0.15) is 0 Å². The van der Waals surface area contributed by atoms with Gasteiger partial charge in [-0.3, -0.25) is 29.1 Å². The number of pyridine rings is 2. The van der Waals surface area contributed by atoms with Crippen molar-refractivity contribution < 1.29 is 42.9 Å². The number of methoxy groups -OCH3 is 4. The van der Waals surface area contributed by atoms with Crippen LogP contribution in [0.25, 0.3) is 21.8 Å². The van der Waals surface area contributed by atoms with E-state index < -0.39 is 17.7 Å². The van der Waals surface area contributed by atoms with Crippen molar-refractivity contribution in [2.24, 2.45) is 17.2 Å². The van der Waals surface area contributed by atoms with E-state index in [9.17, 15) is 19.2 Å². The highest BCUT2D eigenvalue weighted by Gasteiger charge is 2.20. The standard InChI is InChI=1S/C23H25N3O5.C21H22N4O4/c1-5-31-21(27)9-14-7-6-8-17(13(14)2)26-22-15-10-19(29-3)20(30-4)11-18(15)25-12-16(22)23(24)28;1-11-12(7-19(22)26)5-4-6-15(11)25-20-13-8-17(28-2)18(29-3)9-16(13)24-10-14(20)21(23)27/h6-8,10-12H,5,9H2,1-4H3,(H2,24,28)(H,25,26);4-6,8-10H,7H2,1-3H3,(H2,22,26)(H2,23,27)(H,24,25). The molecule has 0 bridgehead atoms. The third kappa shape index (κ3) is 9.56. The van der Waals surface area contributed by atoms with Gasteiger partial charge in [0.1, 0.15) is 0 Å². The van der Waals surface area contributed by atoms with E-state index in [0.717, 1.165) is 27.9 Å². The van der Waals surface area contributed by atoms with Gasteiger partial charge < -0.3 is 51.5 Å². The van der Waals surface area contributed by atoms with Crippen molar-refractivity contribution in [2.75, 3.05) is 45.7 Å². The fourth-order valence-electron chi connectivity index (χ4n) is 6.53. The molecule has 0 unspecified atom stereocenters. The number of hydrogen-bond acceptors (Lipinski definition) is 13. The van der Waals surface area contributed by atoms with E-state index in [-0.39, 0.29) is 29.9 Å². The van der Waals surface area contributed by atoms with E-state index in [0.29, 0.717) is 68.5 Å². The Labute approximate surface area is 346 Å². The molecule has 0 atom stereocenters. The topological polar surface area (TPSA) is 242 Å². The third-order valence-corrected chi connectivity index (χ3v) is 9.69. The van der Waals surface area contributed by atoms with Crippen LogP contribution in [0, 0.1) is 13.8 Å². The van der Waals surface area contributed by atoms with Crippen LogP contribution < -0.4 is 46.8 Å². The maximum Gasteiger partial charge on any atom is 0.310 e. The minimum Gasteiger partial charge on any atom is -0.493 e. The molecule has 4 aromatic carbocycles. The van der Waals surface area contributed by atoms with Gasteiger partial charge in [0, 0.05) is 46.7 Å². The number of carbonyl (C=O) groups is 4. The van der Waals surface area contributed by atoms with Crippen molar-refractivity contribution in [3.63, 3.8) is 0 Å². The number of carbonyl (C=O) groups excluding carboxylic acids is 4. The molecular formula is C44H47N7O9. The van der Waals surface area contributed by atoms with Gasteiger partial charge in [0.05, 0.1) is 81.4 Å². The number of anilines is 4. The molecular weight excluding hydrogens is 771 g/mol. The minimum absolute atomic E-state index is 0.117. The summed E-state index contributed by atoms with van der Waals surface area (Å²) in [7, 11) is 6.14. The Morgan fingerprint density at radius 1 is 0.600 bits per heavy atom. The third-order valence-electron chi connectivity index (χ3n) is 9.69.